The van der Waals surface area contributed by atoms with Crippen LogP contribution in [0.4, 0.5) is 0 Å². The number of ketones is 1. The van der Waals surface area contributed by atoms with Gasteiger partial charge in [0.05, 0.1) is 16.8 Å². The molecule has 0 aromatic heterocycles. The number of ether oxygens (including phenoxy) is 1. The Kier molecular flexibility index (Phi) is 7.02. The summed E-state index contributed by atoms with van der Waals surface area (Å²) in [5.41, 5.74) is 1.30. The van der Waals surface area contributed by atoms with Crippen molar-refractivity contribution in [1.29, 1.82) is 0 Å². The van der Waals surface area contributed by atoms with E-state index in [9.17, 15) is 9.59 Å². The largest absolute Gasteiger partial charge is 0.427 e. The molecule has 0 atom stereocenters. The van der Waals surface area contributed by atoms with Gasteiger partial charge in [0.2, 0.25) is 0 Å². The van der Waals surface area contributed by atoms with Crippen LogP contribution in [0.2, 0.25) is 0 Å². The van der Waals surface area contributed by atoms with Crippen LogP contribution in [0.1, 0.15) is 68.6 Å². The standard InChI is InChI=1S/C24H29NO4/c1-3-15-28-25-19(4-2)22-20(26)16-24(13-9-6-10-14-24)17-21(22)29-23(27)18-11-7-5-8-12-18/h3,5,7-8,11-12H,1,4,6,9-10,13-17H2,2H3. The van der Waals surface area contributed by atoms with Crippen LogP contribution in [0.25, 0.3) is 0 Å². The number of rotatable bonds is 7. The number of nitrogens with zero attached hydrogens (tertiary/aromatic N) is 1. The van der Waals surface area contributed by atoms with Crippen molar-refractivity contribution in [2.45, 2.75) is 58.3 Å². The van der Waals surface area contributed by atoms with Crippen LogP contribution in [-0.2, 0) is 14.4 Å². The van der Waals surface area contributed by atoms with Crippen LogP contribution in [-0.4, -0.2) is 24.1 Å². The summed E-state index contributed by atoms with van der Waals surface area (Å²) in [7, 11) is 0. The Bertz CT molecular complexity index is 817. The zero-order valence-corrected chi connectivity index (χ0v) is 17.1. The van der Waals surface area contributed by atoms with Crippen molar-refractivity contribution in [2.24, 2.45) is 10.6 Å². The van der Waals surface area contributed by atoms with E-state index in [4.69, 9.17) is 9.57 Å². The van der Waals surface area contributed by atoms with Gasteiger partial charge in [-0.1, -0.05) is 62.2 Å². The van der Waals surface area contributed by atoms with Gasteiger partial charge < -0.3 is 9.57 Å². The quantitative estimate of drug-likeness (QED) is 0.204. The molecule has 0 radical (unpaired) electrons. The third kappa shape index (κ3) is 5.03. The second-order valence-corrected chi connectivity index (χ2v) is 7.87. The molecule has 0 N–H and O–H groups in total. The average molecular weight is 395 g/mol. The first-order valence-corrected chi connectivity index (χ1v) is 10.4. The molecule has 154 valence electrons. The highest BCUT2D eigenvalue weighted by atomic mass is 16.6. The molecule has 5 heteroatoms. The molecule has 0 amide bonds. The van der Waals surface area contributed by atoms with Crippen molar-refractivity contribution in [3.63, 3.8) is 0 Å². The number of carbonyl (C=O) groups excluding carboxylic acids is 2. The maximum atomic E-state index is 13.2. The number of hydrogen-bond donors (Lipinski definition) is 0. The van der Waals surface area contributed by atoms with Crippen molar-refractivity contribution >= 4 is 17.5 Å². The van der Waals surface area contributed by atoms with Crippen LogP contribution in [0, 0.1) is 5.41 Å². The predicted molar refractivity (Wildman–Crippen MR) is 113 cm³/mol. The van der Waals surface area contributed by atoms with E-state index in [-0.39, 0.29) is 17.8 Å². The van der Waals surface area contributed by atoms with E-state index in [1.165, 1.54) is 6.42 Å². The van der Waals surface area contributed by atoms with E-state index < -0.39 is 5.97 Å². The van der Waals surface area contributed by atoms with Gasteiger partial charge in [-0.25, -0.2) is 4.79 Å². The molecule has 3 rings (SSSR count). The fourth-order valence-corrected chi connectivity index (χ4v) is 4.34. The number of allylic oxidation sites excluding steroid dienone is 2. The topological polar surface area (TPSA) is 65.0 Å². The first-order valence-electron chi connectivity index (χ1n) is 10.4. The lowest BCUT2D eigenvalue weighted by atomic mass is 9.64. The van der Waals surface area contributed by atoms with Gasteiger partial charge in [-0.05, 0) is 36.8 Å². The van der Waals surface area contributed by atoms with Crippen molar-refractivity contribution in [3.8, 4) is 0 Å². The minimum Gasteiger partial charge on any atom is -0.427 e. The minimum absolute atomic E-state index is 0.00295. The van der Waals surface area contributed by atoms with Gasteiger partial charge in [-0.15, -0.1) is 0 Å². The van der Waals surface area contributed by atoms with Crippen molar-refractivity contribution in [2.75, 3.05) is 6.61 Å². The minimum atomic E-state index is -0.443. The highest BCUT2D eigenvalue weighted by Crippen LogP contribution is 2.48. The van der Waals surface area contributed by atoms with E-state index >= 15 is 0 Å². The maximum absolute atomic E-state index is 13.2. The zero-order valence-electron chi connectivity index (χ0n) is 17.1. The number of oxime groups is 1. The Morgan fingerprint density at radius 1 is 1.17 bits per heavy atom. The summed E-state index contributed by atoms with van der Waals surface area (Å²) in [6.07, 6.45) is 8.58. The third-order valence-corrected chi connectivity index (χ3v) is 5.76. The Labute approximate surface area is 172 Å². The molecule has 29 heavy (non-hydrogen) atoms. The van der Waals surface area contributed by atoms with Gasteiger partial charge in [0.1, 0.15) is 12.4 Å². The zero-order chi connectivity index (χ0) is 20.7. The van der Waals surface area contributed by atoms with Crippen LogP contribution >= 0.6 is 0 Å². The summed E-state index contributed by atoms with van der Waals surface area (Å²) >= 11 is 0. The number of hydrogen-bond acceptors (Lipinski definition) is 5. The van der Waals surface area contributed by atoms with Crippen LogP contribution in [0.15, 0.2) is 59.5 Å². The monoisotopic (exact) mass is 395 g/mol. The molecule has 0 aliphatic heterocycles. The molecule has 1 aromatic carbocycles. The van der Waals surface area contributed by atoms with E-state index in [0.29, 0.717) is 41.9 Å². The van der Waals surface area contributed by atoms with E-state index in [0.717, 1.165) is 25.7 Å². The Morgan fingerprint density at radius 3 is 2.55 bits per heavy atom. The third-order valence-electron chi connectivity index (χ3n) is 5.76. The summed E-state index contributed by atoms with van der Waals surface area (Å²) in [6, 6.07) is 8.86. The van der Waals surface area contributed by atoms with E-state index in [1.54, 1.807) is 30.3 Å². The van der Waals surface area contributed by atoms with E-state index in [2.05, 4.69) is 11.7 Å². The highest BCUT2D eigenvalue weighted by molar-refractivity contribution is 6.23. The normalized spacial score (nSPS) is 19.2. The highest BCUT2D eigenvalue weighted by Gasteiger charge is 2.43. The van der Waals surface area contributed by atoms with Gasteiger partial charge in [0, 0.05) is 12.8 Å². The molecule has 0 saturated heterocycles. The maximum Gasteiger partial charge on any atom is 0.343 e. The molecule has 0 bridgehead atoms. The van der Waals surface area contributed by atoms with Gasteiger partial charge in [0.15, 0.2) is 5.78 Å². The van der Waals surface area contributed by atoms with Gasteiger partial charge in [0.25, 0.3) is 0 Å². The number of benzene rings is 1. The molecule has 0 heterocycles. The SMILES string of the molecule is C=CCON=C(CC)C1=C(OC(=O)c2ccccc2)CC2(CCCCC2)CC1=O. The van der Waals surface area contributed by atoms with Crippen molar-refractivity contribution in [3.05, 3.63) is 59.9 Å². The number of carbonyl (C=O) groups is 2. The van der Waals surface area contributed by atoms with Gasteiger partial charge in [-0.2, -0.15) is 0 Å². The summed E-state index contributed by atoms with van der Waals surface area (Å²) in [5, 5.41) is 4.15. The van der Waals surface area contributed by atoms with Crippen LogP contribution < -0.4 is 0 Å². The molecular weight excluding hydrogens is 366 g/mol. The first-order chi connectivity index (χ1) is 14.1. The van der Waals surface area contributed by atoms with E-state index in [1.807, 2.05) is 13.0 Å². The summed E-state index contributed by atoms with van der Waals surface area (Å²) < 4.78 is 5.84. The van der Waals surface area contributed by atoms with Gasteiger partial charge in [-0.3, -0.25) is 4.79 Å². The lowest BCUT2D eigenvalue weighted by Crippen LogP contribution is -2.36. The Hall–Kier alpha value is -2.69. The van der Waals surface area contributed by atoms with Crippen LogP contribution in [0.3, 0.4) is 0 Å². The number of Topliss-reactive ketones (excluding diaryl/α,β-unsaturated/α-hetero) is 1. The van der Waals surface area contributed by atoms with Crippen molar-refractivity contribution in [1.82, 2.24) is 0 Å². The van der Waals surface area contributed by atoms with Crippen molar-refractivity contribution < 1.29 is 19.2 Å². The second kappa shape index (κ2) is 9.68. The Balaban J connectivity index is 1.97. The summed E-state index contributed by atoms with van der Waals surface area (Å²) in [5.74, 6) is -0.00200. The molecule has 1 fully saturated rings. The van der Waals surface area contributed by atoms with Gasteiger partial charge >= 0.3 is 5.97 Å². The lowest BCUT2D eigenvalue weighted by Gasteiger charge is -2.40. The first kappa shape index (κ1) is 21.0. The molecule has 2 aliphatic carbocycles. The lowest BCUT2D eigenvalue weighted by molar-refractivity contribution is -0.119. The Morgan fingerprint density at radius 2 is 1.90 bits per heavy atom. The molecule has 1 aromatic rings. The molecule has 1 spiro atoms. The predicted octanol–water partition coefficient (Wildman–Crippen LogP) is 5.38. The molecule has 2 aliphatic rings. The number of esters is 1. The molecular formula is C24H29NO4. The molecule has 5 nitrogen and oxygen atoms in total. The van der Waals surface area contributed by atoms with Crippen LogP contribution in [0.5, 0.6) is 0 Å². The smallest absolute Gasteiger partial charge is 0.343 e. The molecule has 0 unspecified atom stereocenters. The molecule has 1 saturated carbocycles. The summed E-state index contributed by atoms with van der Waals surface area (Å²) in [4.78, 5) is 31.2. The average Bonchev–Trinajstić information content (AvgIpc) is 2.73. The fourth-order valence-electron chi connectivity index (χ4n) is 4.34. The second-order valence-electron chi connectivity index (χ2n) is 7.87. The fraction of sp³-hybridized carbons (Fsp3) is 0.458. The summed E-state index contributed by atoms with van der Waals surface area (Å²) in [6.45, 7) is 5.79.